The van der Waals surface area contributed by atoms with Crippen molar-refractivity contribution in [3.05, 3.63) is 58.3 Å². The number of para-hydroxylation sites is 1. The van der Waals surface area contributed by atoms with Gasteiger partial charge in [0.05, 0.1) is 29.5 Å². The Balaban J connectivity index is 1.54. The Kier molecular flexibility index (Phi) is 3.27. The third-order valence-corrected chi connectivity index (χ3v) is 7.07. The summed E-state index contributed by atoms with van der Waals surface area (Å²) in [5, 5.41) is 1.92. The molecule has 1 aromatic carbocycles. The molecule has 1 aromatic heterocycles. The molecule has 3 saturated heterocycles. The first kappa shape index (κ1) is 15.7. The lowest BCUT2D eigenvalue weighted by Gasteiger charge is -2.35. The highest BCUT2D eigenvalue weighted by atomic mass is 32.1. The van der Waals surface area contributed by atoms with Crippen LogP contribution in [0.3, 0.4) is 0 Å². The summed E-state index contributed by atoms with van der Waals surface area (Å²) in [4.78, 5) is 29.5. The fraction of sp³-hybridized carbons (Fsp3) is 0.333. The van der Waals surface area contributed by atoms with Crippen molar-refractivity contribution in [3.63, 3.8) is 0 Å². The minimum atomic E-state index is -0.778. The van der Waals surface area contributed by atoms with Gasteiger partial charge in [-0.2, -0.15) is 0 Å². The molecule has 2 aromatic rings. The fourth-order valence-corrected chi connectivity index (χ4v) is 5.84. The predicted octanol–water partition coefficient (Wildman–Crippen LogP) is 2.77. The zero-order valence-corrected chi connectivity index (χ0v) is 15.2. The van der Waals surface area contributed by atoms with Gasteiger partial charge >= 0.3 is 0 Å². The van der Waals surface area contributed by atoms with Gasteiger partial charge in [-0.05, 0) is 23.1 Å². The fourth-order valence-electron chi connectivity index (χ4n) is 5.14. The zero-order valence-electron chi connectivity index (χ0n) is 14.4. The Labute approximate surface area is 160 Å². The van der Waals surface area contributed by atoms with E-state index in [0.717, 1.165) is 16.1 Å². The van der Waals surface area contributed by atoms with Crippen LogP contribution >= 0.6 is 11.3 Å². The lowest BCUT2D eigenvalue weighted by atomic mass is 9.77. The Morgan fingerprint density at radius 3 is 2.93 bits per heavy atom. The molecule has 4 aliphatic heterocycles. The number of nitrogens with zero attached hydrogens (tertiary/aromatic N) is 1. The number of ether oxygens (including phenoxy) is 2. The van der Waals surface area contributed by atoms with E-state index in [-0.39, 0.29) is 35.5 Å². The van der Waals surface area contributed by atoms with Gasteiger partial charge in [-0.1, -0.05) is 36.4 Å². The molecule has 0 radical (unpaired) electrons. The van der Waals surface area contributed by atoms with Gasteiger partial charge < -0.3 is 14.4 Å². The molecule has 0 saturated carbocycles. The molecule has 5 heterocycles. The lowest BCUT2D eigenvalue weighted by Crippen LogP contribution is -2.48. The Morgan fingerprint density at radius 1 is 1.19 bits per heavy atom. The van der Waals surface area contributed by atoms with Crippen molar-refractivity contribution in [2.75, 3.05) is 11.5 Å². The summed E-state index contributed by atoms with van der Waals surface area (Å²) < 4.78 is 11.4. The molecule has 4 aliphatic rings. The van der Waals surface area contributed by atoms with E-state index >= 15 is 0 Å². The summed E-state index contributed by atoms with van der Waals surface area (Å²) in [6.45, 7) is 0.373. The van der Waals surface area contributed by atoms with Gasteiger partial charge in [0.25, 0.3) is 0 Å². The van der Waals surface area contributed by atoms with Gasteiger partial charge in [-0.15, -0.1) is 11.3 Å². The van der Waals surface area contributed by atoms with Crippen LogP contribution in [-0.2, 0) is 14.3 Å². The number of fused-ring (bicyclic) bond motifs is 8. The number of thiophene rings is 1. The smallest absolute Gasteiger partial charge is 0.218 e. The summed E-state index contributed by atoms with van der Waals surface area (Å²) in [6, 6.07) is 11.2. The van der Waals surface area contributed by atoms with Crippen LogP contribution in [0.4, 0.5) is 5.69 Å². The number of anilines is 1. The number of carbonyl (C=O) groups excluding carboxylic acids is 2. The zero-order chi connectivity index (χ0) is 18.1. The van der Waals surface area contributed by atoms with Crippen LogP contribution in [0, 0.1) is 11.8 Å². The predicted molar refractivity (Wildman–Crippen MR) is 101 cm³/mol. The molecule has 5 nitrogen and oxygen atoms in total. The van der Waals surface area contributed by atoms with E-state index in [1.807, 2.05) is 41.8 Å². The number of hydrogen-bond donors (Lipinski definition) is 0. The van der Waals surface area contributed by atoms with Crippen LogP contribution in [0.1, 0.15) is 15.2 Å². The summed E-state index contributed by atoms with van der Waals surface area (Å²) in [5.74, 6) is -0.454. The maximum atomic E-state index is 13.5. The Bertz CT molecular complexity index is 968. The number of benzene rings is 1. The van der Waals surface area contributed by atoms with Crippen LogP contribution in [0.5, 0.6) is 0 Å². The minimum Gasteiger partial charge on any atom is -0.353 e. The van der Waals surface area contributed by atoms with Gasteiger partial charge in [0.15, 0.2) is 11.6 Å². The third-order valence-electron chi connectivity index (χ3n) is 6.19. The van der Waals surface area contributed by atoms with Crippen molar-refractivity contribution in [1.29, 1.82) is 0 Å². The first-order valence-corrected chi connectivity index (χ1v) is 10.1. The normalized spacial score (nSPS) is 35.7. The van der Waals surface area contributed by atoms with Crippen LogP contribution in [-0.4, -0.2) is 42.7 Å². The molecule has 0 spiro atoms. The second-order valence-electron chi connectivity index (χ2n) is 7.45. The molecule has 6 heteroatoms. The standard InChI is InChI=1S/C21H17NO4S/c23-19(15-6-3-9-27-15)18-17-14-10-25-21(26-14)20(24)16(17)13-8-7-11-4-1-2-5-12(11)22(13)18/h1-9,13-14,16-18,21H,10H2/t13-,14+,16+,17+,18-,21+/m1/s1. The first-order valence-electron chi connectivity index (χ1n) is 9.18. The molecular weight excluding hydrogens is 362 g/mol. The summed E-state index contributed by atoms with van der Waals surface area (Å²) in [5.41, 5.74) is 2.09. The Hall–Kier alpha value is -2.28. The van der Waals surface area contributed by atoms with Crippen LogP contribution in [0.15, 0.2) is 47.9 Å². The Morgan fingerprint density at radius 2 is 2.07 bits per heavy atom. The summed E-state index contributed by atoms with van der Waals surface area (Å²) in [7, 11) is 0. The van der Waals surface area contributed by atoms with Gasteiger partial charge in [0.2, 0.25) is 6.29 Å². The molecule has 0 N–H and O–H groups in total. The third kappa shape index (κ3) is 2.06. The van der Waals surface area contributed by atoms with Gasteiger partial charge in [-0.3, -0.25) is 9.59 Å². The number of rotatable bonds is 2. The average Bonchev–Trinajstić information content (AvgIpc) is 3.43. The average molecular weight is 379 g/mol. The molecule has 0 unspecified atom stereocenters. The van der Waals surface area contributed by atoms with Crippen molar-refractivity contribution >= 4 is 34.7 Å². The highest BCUT2D eigenvalue weighted by Crippen LogP contribution is 2.51. The van der Waals surface area contributed by atoms with Gasteiger partial charge in [0, 0.05) is 11.6 Å². The van der Waals surface area contributed by atoms with Crippen molar-refractivity contribution in [1.82, 2.24) is 0 Å². The van der Waals surface area contributed by atoms with Crippen molar-refractivity contribution < 1.29 is 19.1 Å². The highest BCUT2D eigenvalue weighted by molar-refractivity contribution is 7.12. The van der Waals surface area contributed by atoms with Crippen LogP contribution < -0.4 is 4.90 Å². The number of ketones is 2. The van der Waals surface area contributed by atoms with E-state index in [1.54, 1.807) is 0 Å². The van der Waals surface area contributed by atoms with Crippen LogP contribution in [0.25, 0.3) is 6.08 Å². The maximum Gasteiger partial charge on any atom is 0.218 e. The first-order chi connectivity index (χ1) is 13.2. The molecular formula is C21H17NO4S. The molecule has 2 bridgehead atoms. The molecule has 3 fully saturated rings. The maximum absolute atomic E-state index is 13.5. The molecule has 0 amide bonds. The quantitative estimate of drug-likeness (QED) is 0.751. The lowest BCUT2D eigenvalue weighted by molar-refractivity contribution is -0.163. The van der Waals surface area contributed by atoms with E-state index in [2.05, 4.69) is 17.1 Å². The van der Waals surface area contributed by atoms with E-state index in [1.165, 1.54) is 11.3 Å². The number of hydrogen-bond acceptors (Lipinski definition) is 6. The number of Topliss-reactive ketones (excluding diaryl/α,β-unsaturated/α-hetero) is 2. The molecule has 0 aliphatic carbocycles. The van der Waals surface area contributed by atoms with E-state index in [9.17, 15) is 9.59 Å². The SMILES string of the molecule is O=C1[C@H]2OC[C@H](O2)[C@H]2[C@@H]1[C@H]1C=Cc3ccccc3N1[C@H]2C(=O)c1cccs1. The van der Waals surface area contributed by atoms with Crippen molar-refractivity contribution in [2.45, 2.75) is 24.5 Å². The minimum absolute atomic E-state index is 0.0331. The monoisotopic (exact) mass is 379 g/mol. The van der Waals surface area contributed by atoms with Gasteiger partial charge in [-0.25, -0.2) is 0 Å². The molecule has 27 heavy (non-hydrogen) atoms. The number of carbonyl (C=O) groups is 2. The van der Waals surface area contributed by atoms with E-state index < -0.39 is 12.3 Å². The van der Waals surface area contributed by atoms with E-state index in [4.69, 9.17) is 9.47 Å². The second-order valence-corrected chi connectivity index (χ2v) is 8.40. The largest absolute Gasteiger partial charge is 0.353 e. The van der Waals surface area contributed by atoms with Crippen molar-refractivity contribution in [3.8, 4) is 0 Å². The van der Waals surface area contributed by atoms with Crippen molar-refractivity contribution in [2.24, 2.45) is 11.8 Å². The highest BCUT2D eigenvalue weighted by Gasteiger charge is 2.63. The second kappa shape index (κ2) is 5.61. The summed E-state index contributed by atoms with van der Waals surface area (Å²) >= 11 is 1.45. The molecule has 6 rings (SSSR count). The van der Waals surface area contributed by atoms with Crippen LogP contribution in [0.2, 0.25) is 0 Å². The topological polar surface area (TPSA) is 55.8 Å². The summed E-state index contributed by atoms with van der Waals surface area (Å²) in [6.07, 6.45) is 3.14. The molecule has 6 atom stereocenters. The van der Waals surface area contributed by atoms with Gasteiger partial charge in [0.1, 0.15) is 6.04 Å². The molecule has 136 valence electrons. The van der Waals surface area contributed by atoms with E-state index in [0.29, 0.717) is 6.61 Å².